The fraction of sp³-hybridized carbons (Fsp3) is 0.600. The summed E-state index contributed by atoms with van der Waals surface area (Å²) in [5.74, 6) is 0. The smallest absolute Gasteiger partial charge is 0.0642 e. The Morgan fingerprint density at radius 1 is 1.32 bits per heavy atom. The Morgan fingerprint density at radius 3 is 2.58 bits per heavy atom. The SMILES string of the molecule is CNCc1ccc(N2C3CCC2CC(O)C3)c(Cl)c1. The second-order valence-electron chi connectivity index (χ2n) is 5.73. The summed E-state index contributed by atoms with van der Waals surface area (Å²) in [6.07, 6.45) is 3.99. The molecule has 2 bridgehead atoms. The Bertz CT molecular complexity index is 451. The molecule has 104 valence electrons. The van der Waals surface area contributed by atoms with Crippen molar-refractivity contribution in [3.63, 3.8) is 0 Å². The monoisotopic (exact) mass is 280 g/mol. The van der Waals surface area contributed by atoms with E-state index in [1.807, 2.05) is 7.05 Å². The van der Waals surface area contributed by atoms with Crippen molar-refractivity contribution >= 4 is 17.3 Å². The van der Waals surface area contributed by atoms with E-state index in [1.54, 1.807) is 0 Å². The number of nitrogens with one attached hydrogen (secondary N) is 1. The molecule has 2 N–H and O–H groups in total. The van der Waals surface area contributed by atoms with Crippen LogP contribution in [-0.2, 0) is 6.54 Å². The Hall–Kier alpha value is -0.770. The Labute approximate surface area is 119 Å². The zero-order valence-corrected chi connectivity index (χ0v) is 12.0. The lowest BCUT2D eigenvalue weighted by Crippen LogP contribution is -2.44. The Balaban J connectivity index is 1.86. The molecular formula is C15H21ClN2O. The fourth-order valence-corrected chi connectivity index (χ4v) is 3.92. The minimum atomic E-state index is -0.129. The van der Waals surface area contributed by atoms with Gasteiger partial charge in [0, 0.05) is 18.6 Å². The van der Waals surface area contributed by atoms with Crippen LogP contribution in [-0.4, -0.2) is 30.3 Å². The van der Waals surface area contributed by atoms with Crippen molar-refractivity contribution in [3.05, 3.63) is 28.8 Å². The molecule has 0 aliphatic carbocycles. The molecule has 3 rings (SSSR count). The van der Waals surface area contributed by atoms with Gasteiger partial charge in [-0.1, -0.05) is 17.7 Å². The first-order valence-electron chi connectivity index (χ1n) is 7.08. The molecule has 1 aromatic rings. The summed E-state index contributed by atoms with van der Waals surface area (Å²) in [4.78, 5) is 2.44. The average Bonchev–Trinajstić information content (AvgIpc) is 2.63. The number of hydrogen-bond acceptors (Lipinski definition) is 3. The van der Waals surface area contributed by atoms with Gasteiger partial charge in [-0.2, -0.15) is 0 Å². The molecule has 1 aromatic carbocycles. The molecule has 0 spiro atoms. The lowest BCUT2D eigenvalue weighted by molar-refractivity contribution is 0.126. The Kier molecular flexibility index (Phi) is 3.70. The van der Waals surface area contributed by atoms with Crippen LogP contribution in [0.2, 0.25) is 5.02 Å². The average molecular weight is 281 g/mol. The van der Waals surface area contributed by atoms with E-state index >= 15 is 0 Å². The maximum absolute atomic E-state index is 9.87. The first-order chi connectivity index (χ1) is 9.19. The highest BCUT2D eigenvalue weighted by Crippen LogP contribution is 2.42. The standard InChI is InChI=1S/C15H21ClN2O/c1-17-9-10-2-5-15(14(16)6-10)18-11-3-4-12(18)8-13(19)7-11/h2,5-6,11-13,17,19H,3-4,7-9H2,1H3. The summed E-state index contributed by atoms with van der Waals surface area (Å²) in [7, 11) is 1.94. The van der Waals surface area contributed by atoms with E-state index in [2.05, 4.69) is 28.4 Å². The lowest BCUT2D eigenvalue weighted by Gasteiger charge is -2.39. The zero-order chi connectivity index (χ0) is 13.4. The molecule has 2 saturated heterocycles. The molecular weight excluding hydrogens is 260 g/mol. The number of piperidine rings is 1. The van der Waals surface area contributed by atoms with Gasteiger partial charge in [0.25, 0.3) is 0 Å². The summed E-state index contributed by atoms with van der Waals surface area (Å²) in [5, 5.41) is 13.8. The molecule has 2 unspecified atom stereocenters. The fourth-order valence-electron chi connectivity index (χ4n) is 3.62. The number of benzene rings is 1. The third-order valence-corrected chi connectivity index (χ3v) is 4.68. The van der Waals surface area contributed by atoms with Crippen molar-refractivity contribution in [2.75, 3.05) is 11.9 Å². The van der Waals surface area contributed by atoms with Crippen LogP contribution in [0.15, 0.2) is 18.2 Å². The number of fused-ring (bicyclic) bond motifs is 2. The van der Waals surface area contributed by atoms with E-state index in [0.29, 0.717) is 12.1 Å². The molecule has 0 aromatic heterocycles. The maximum Gasteiger partial charge on any atom is 0.0642 e. The summed E-state index contributed by atoms with van der Waals surface area (Å²) in [6, 6.07) is 7.25. The quantitative estimate of drug-likeness (QED) is 0.893. The predicted octanol–water partition coefficient (Wildman–Crippen LogP) is 2.55. The highest BCUT2D eigenvalue weighted by atomic mass is 35.5. The van der Waals surface area contributed by atoms with Crippen LogP contribution in [0.3, 0.4) is 0 Å². The third kappa shape index (κ3) is 2.47. The van der Waals surface area contributed by atoms with E-state index in [9.17, 15) is 5.11 Å². The van der Waals surface area contributed by atoms with Crippen molar-refractivity contribution in [3.8, 4) is 0 Å². The molecule has 4 heteroatoms. The highest BCUT2D eigenvalue weighted by Gasteiger charge is 2.40. The van der Waals surface area contributed by atoms with Gasteiger partial charge in [-0.3, -0.25) is 0 Å². The van der Waals surface area contributed by atoms with Crippen molar-refractivity contribution in [1.29, 1.82) is 0 Å². The number of hydrogen-bond donors (Lipinski definition) is 2. The number of nitrogens with zero attached hydrogens (tertiary/aromatic N) is 1. The number of anilines is 1. The minimum absolute atomic E-state index is 0.129. The third-order valence-electron chi connectivity index (χ3n) is 4.38. The maximum atomic E-state index is 9.87. The van der Waals surface area contributed by atoms with Gasteiger partial charge >= 0.3 is 0 Å². The van der Waals surface area contributed by atoms with Crippen LogP contribution in [0.25, 0.3) is 0 Å². The summed E-state index contributed by atoms with van der Waals surface area (Å²) in [6.45, 7) is 0.839. The van der Waals surface area contributed by atoms with Gasteiger partial charge in [-0.15, -0.1) is 0 Å². The van der Waals surface area contributed by atoms with Gasteiger partial charge < -0.3 is 15.3 Å². The van der Waals surface area contributed by atoms with Crippen LogP contribution < -0.4 is 10.2 Å². The molecule has 2 aliphatic heterocycles. The molecule has 2 heterocycles. The van der Waals surface area contributed by atoms with E-state index in [4.69, 9.17) is 11.6 Å². The van der Waals surface area contributed by atoms with E-state index in [1.165, 1.54) is 18.4 Å². The molecule has 2 aliphatic rings. The zero-order valence-electron chi connectivity index (χ0n) is 11.3. The first-order valence-corrected chi connectivity index (χ1v) is 7.46. The molecule has 0 saturated carbocycles. The second-order valence-corrected chi connectivity index (χ2v) is 6.14. The normalized spacial score (nSPS) is 29.8. The molecule has 19 heavy (non-hydrogen) atoms. The number of aliphatic hydroxyl groups is 1. The van der Waals surface area contributed by atoms with Gasteiger partial charge in [0.1, 0.15) is 0 Å². The minimum Gasteiger partial charge on any atom is -0.393 e. The van der Waals surface area contributed by atoms with Crippen LogP contribution in [0.5, 0.6) is 0 Å². The highest BCUT2D eigenvalue weighted by molar-refractivity contribution is 6.33. The van der Waals surface area contributed by atoms with Crippen molar-refractivity contribution in [2.45, 2.75) is 50.4 Å². The number of aliphatic hydroxyl groups excluding tert-OH is 1. The van der Waals surface area contributed by atoms with E-state index in [0.717, 1.165) is 30.1 Å². The van der Waals surface area contributed by atoms with Crippen molar-refractivity contribution in [2.24, 2.45) is 0 Å². The van der Waals surface area contributed by atoms with Gasteiger partial charge in [0.2, 0.25) is 0 Å². The molecule has 0 radical (unpaired) electrons. The predicted molar refractivity (Wildman–Crippen MR) is 78.7 cm³/mol. The van der Waals surface area contributed by atoms with Crippen LogP contribution >= 0.6 is 11.6 Å². The van der Waals surface area contributed by atoms with Crippen molar-refractivity contribution in [1.82, 2.24) is 5.32 Å². The first kappa shape index (κ1) is 13.2. The molecule has 0 amide bonds. The van der Waals surface area contributed by atoms with Crippen LogP contribution in [0.4, 0.5) is 5.69 Å². The molecule has 2 atom stereocenters. The summed E-state index contributed by atoms with van der Waals surface area (Å²) < 4.78 is 0. The number of halogens is 1. The van der Waals surface area contributed by atoms with Crippen LogP contribution in [0, 0.1) is 0 Å². The summed E-state index contributed by atoms with van der Waals surface area (Å²) >= 11 is 6.46. The second kappa shape index (κ2) is 5.31. The Morgan fingerprint density at radius 2 is 2.00 bits per heavy atom. The van der Waals surface area contributed by atoms with Gasteiger partial charge in [0.15, 0.2) is 0 Å². The molecule has 2 fully saturated rings. The van der Waals surface area contributed by atoms with E-state index in [-0.39, 0.29) is 6.10 Å². The lowest BCUT2D eigenvalue weighted by atomic mass is 9.99. The number of rotatable bonds is 3. The largest absolute Gasteiger partial charge is 0.393 e. The summed E-state index contributed by atoms with van der Waals surface area (Å²) in [5.41, 5.74) is 2.35. The topological polar surface area (TPSA) is 35.5 Å². The van der Waals surface area contributed by atoms with Gasteiger partial charge in [-0.05, 0) is 50.4 Å². The van der Waals surface area contributed by atoms with Crippen molar-refractivity contribution < 1.29 is 5.11 Å². The van der Waals surface area contributed by atoms with E-state index < -0.39 is 0 Å². The van der Waals surface area contributed by atoms with Gasteiger partial charge in [0.05, 0.1) is 16.8 Å². The van der Waals surface area contributed by atoms with Gasteiger partial charge in [-0.25, -0.2) is 0 Å². The molecule has 3 nitrogen and oxygen atoms in total. The van der Waals surface area contributed by atoms with Crippen LogP contribution in [0.1, 0.15) is 31.2 Å².